The Kier molecular flexibility index (Phi) is 7.74. The summed E-state index contributed by atoms with van der Waals surface area (Å²) in [6, 6.07) is 3.34. The Hall–Kier alpha value is -2.46. The van der Waals surface area contributed by atoms with E-state index in [-0.39, 0.29) is 29.6 Å². The van der Waals surface area contributed by atoms with Gasteiger partial charge in [0.25, 0.3) is 0 Å². The van der Waals surface area contributed by atoms with Crippen LogP contribution in [0.1, 0.15) is 29.7 Å². The minimum atomic E-state index is -0.682. The van der Waals surface area contributed by atoms with Crippen LogP contribution in [0, 0.1) is 0 Å². The number of ketones is 1. The second-order valence-corrected chi connectivity index (χ2v) is 6.92. The van der Waals surface area contributed by atoms with Crippen LogP contribution in [0.4, 0.5) is 0 Å². The van der Waals surface area contributed by atoms with Crippen molar-refractivity contribution in [2.75, 3.05) is 6.61 Å². The van der Waals surface area contributed by atoms with E-state index in [1.807, 2.05) is 0 Å². The number of carbonyl (C=O) groups is 2. The minimum absolute atomic E-state index is 0.0499. The molecule has 0 amide bonds. The number of nitrogens with two attached hydrogens (primary N) is 1. The van der Waals surface area contributed by atoms with Crippen molar-refractivity contribution in [2.24, 2.45) is 5.73 Å². The first-order valence-electron chi connectivity index (χ1n) is 8.05. The topological polar surface area (TPSA) is 120 Å². The zero-order chi connectivity index (χ0) is 19.8. The summed E-state index contributed by atoms with van der Waals surface area (Å²) in [5.74, 6) is -0.177. The second-order valence-electron chi connectivity index (χ2n) is 5.38. The molecule has 142 valence electrons. The largest absolute Gasteiger partial charge is 0.466 e. The van der Waals surface area contributed by atoms with Gasteiger partial charge in [0.15, 0.2) is 10.9 Å². The van der Waals surface area contributed by atoms with Crippen molar-refractivity contribution >= 4 is 45.0 Å². The van der Waals surface area contributed by atoms with Crippen LogP contribution in [0.3, 0.4) is 0 Å². The molecule has 27 heavy (non-hydrogen) atoms. The molecule has 0 saturated heterocycles. The first-order valence-corrected chi connectivity index (χ1v) is 9.37. The monoisotopic (exact) mass is 451 g/mol. The Morgan fingerprint density at radius 2 is 1.89 bits per heavy atom. The van der Waals surface area contributed by atoms with Crippen LogP contribution >= 0.6 is 28.1 Å². The van der Waals surface area contributed by atoms with Crippen LogP contribution in [-0.2, 0) is 16.1 Å². The number of hydrogen-bond donors (Lipinski definition) is 2. The second kappa shape index (κ2) is 10.0. The van der Waals surface area contributed by atoms with E-state index in [1.54, 1.807) is 37.6 Å². The SMILES string of the molecule is CCOC(=O)CC(Br)C(=O)c1ccc(-c2cnc(CNC(N)=S)nc2)cn1. The number of aromatic nitrogens is 3. The number of thiocarbonyl (C=S) groups is 1. The zero-order valence-electron chi connectivity index (χ0n) is 14.5. The number of nitrogens with zero attached hydrogens (tertiary/aromatic N) is 3. The number of nitrogens with one attached hydrogen (secondary N) is 1. The molecule has 2 aromatic rings. The third-order valence-electron chi connectivity index (χ3n) is 3.41. The van der Waals surface area contributed by atoms with Gasteiger partial charge in [-0.3, -0.25) is 14.6 Å². The summed E-state index contributed by atoms with van der Waals surface area (Å²) in [5.41, 5.74) is 7.13. The fraction of sp³-hybridized carbons (Fsp3) is 0.294. The van der Waals surface area contributed by atoms with Crippen molar-refractivity contribution in [3.8, 4) is 11.1 Å². The molecule has 8 nitrogen and oxygen atoms in total. The van der Waals surface area contributed by atoms with E-state index in [1.165, 1.54) is 0 Å². The van der Waals surface area contributed by atoms with Crippen molar-refractivity contribution in [2.45, 2.75) is 24.7 Å². The summed E-state index contributed by atoms with van der Waals surface area (Å²) in [6.45, 7) is 2.33. The molecule has 2 aromatic heterocycles. The molecule has 2 heterocycles. The summed E-state index contributed by atoms with van der Waals surface area (Å²) in [4.78, 5) is 35.8. The number of halogens is 1. The number of esters is 1. The molecular weight excluding hydrogens is 434 g/mol. The molecule has 1 unspecified atom stereocenters. The lowest BCUT2D eigenvalue weighted by atomic mass is 10.1. The molecule has 0 saturated carbocycles. The molecule has 3 N–H and O–H groups in total. The highest BCUT2D eigenvalue weighted by Gasteiger charge is 2.22. The van der Waals surface area contributed by atoms with Crippen molar-refractivity contribution in [1.29, 1.82) is 0 Å². The number of hydrogen-bond acceptors (Lipinski definition) is 7. The zero-order valence-corrected chi connectivity index (χ0v) is 16.9. The van der Waals surface area contributed by atoms with Gasteiger partial charge in [0.1, 0.15) is 11.5 Å². The number of alkyl halides is 1. The highest BCUT2D eigenvalue weighted by molar-refractivity contribution is 9.10. The predicted molar refractivity (Wildman–Crippen MR) is 107 cm³/mol. The Labute approximate surface area is 170 Å². The first kappa shape index (κ1) is 20.8. The number of carbonyl (C=O) groups excluding carboxylic acids is 2. The van der Waals surface area contributed by atoms with Crippen LogP contribution in [0.15, 0.2) is 30.7 Å². The maximum atomic E-state index is 12.3. The Balaban J connectivity index is 2.02. The molecule has 0 aliphatic carbocycles. The maximum Gasteiger partial charge on any atom is 0.307 e. The average Bonchev–Trinajstić information content (AvgIpc) is 2.66. The molecule has 2 rings (SSSR count). The summed E-state index contributed by atoms with van der Waals surface area (Å²) < 4.78 is 4.84. The molecular formula is C17H18BrN5O3S. The van der Waals surface area contributed by atoms with Crippen LogP contribution in [0.25, 0.3) is 11.1 Å². The third-order valence-corrected chi connectivity index (χ3v) is 4.29. The van der Waals surface area contributed by atoms with E-state index in [4.69, 9.17) is 22.7 Å². The normalized spacial score (nSPS) is 11.5. The van der Waals surface area contributed by atoms with Gasteiger partial charge in [-0.1, -0.05) is 22.0 Å². The van der Waals surface area contributed by atoms with Crippen LogP contribution in [0.5, 0.6) is 0 Å². The van der Waals surface area contributed by atoms with Gasteiger partial charge in [0.05, 0.1) is 24.4 Å². The highest BCUT2D eigenvalue weighted by atomic mass is 79.9. The van der Waals surface area contributed by atoms with Crippen molar-refractivity contribution in [3.05, 3.63) is 42.2 Å². The van der Waals surface area contributed by atoms with Crippen molar-refractivity contribution in [1.82, 2.24) is 20.3 Å². The van der Waals surface area contributed by atoms with Crippen LogP contribution in [0.2, 0.25) is 0 Å². The molecule has 0 aliphatic rings. The Bertz CT molecular complexity index is 814. The number of rotatable bonds is 8. The Morgan fingerprint density at radius 1 is 1.22 bits per heavy atom. The van der Waals surface area contributed by atoms with Gasteiger partial charge >= 0.3 is 5.97 Å². The third kappa shape index (κ3) is 6.33. The quantitative estimate of drug-likeness (QED) is 0.267. The lowest BCUT2D eigenvalue weighted by Crippen LogP contribution is -2.29. The van der Waals surface area contributed by atoms with E-state index in [0.29, 0.717) is 12.4 Å². The van der Waals surface area contributed by atoms with Crippen molar-refractivity contribution in [3.63, 3.8) is 0 Å². The summed E-state index contributed by atoms with van der Waals surface area (Å²) >= 11 is 7.94. The number of Topliss-reactive ketones (excluding diaryl/α,β-unsaturated/α-hetero) is 1. The van der Waals surface area contributed by atoms with Crippen LogP contribution in [-0.4, -0.2) is 43.3 Å². The first-order chi connectivity index (χ1) is 12.9. The van der Waals surface area contributed by atoms with Gasteiger partial charge in [0.2, 0.25) is 0 Å². The molecule has 0 radical (unpaired) electrons. The molecule has 0 bridgehead atoms. The molecule has 0 aromatic carbocycles. The summed E-state index contributed by atoms with van der Waals surface area (Å²) in [7, 11) is 0. The summed E-state index contributed by atoms with van der Waals surface area (Å²) in [5, 5.41) is 2.95. The van der Waals surface area contributed by atoms with Gasteiger partial charge in [-0.25, -0.2) is 9.97 Å². The fourth-order valence-electron chi connectivity index (χ4n) is 2.09. The van der Waals surface area contributed by atoms with E-state index < -0.39 is 10.8 Å². The van der Waals surface area contributed by atoms with E-state index in [2.05, 4.69) is 36.2 Å². The van der Waals surface area contributed by atoms with E-state index >= 15 is 0 Å². The molecule has 1 atom stereocenters. The summed E-state index contributed by atoms with van der Waals surface area (Å²) in [6.07, 6.45) is 4.81. The molecule has 0 spiro atoms. The molecule has 0 fully saturated rings. The lowest BCUT2D eigenvalue weighted by Gasteiger charge is -2.08. The number of pyridine rings is 1. The lowest BCUT2D eigenvalue weighted by molar-refractivity contribution is -0.142. The fourth-order valence-corrected chi connectivity index (χ4v) is 2.66. The molecule has 0 aliphatic heterocycles. The highest BCUT2D eigenvalue weighted by Crippen LogP contribution is 2.19. The van der Waals surface area contributed by atoms with Gasteiger partial charge in [0, 0.05) is 29.7 Å². The van der Waals surface area contributed by atoms with Gasteiger partial charge in [-0.2, -0.15) is 0 Å². The predicted octanol–water partition coefficient (Wildman–Crippen LogP) is 1.77. The van der Waals surface area contributed by atoms with Crippen LogP contribution < -0.4 is 11.1 Å². The smallest absolute Gasteiger partial charge is 0.307 e. The van der Waals surface area contributed by atoms with Crippen molar-refractivity contribution < 1.29 is 14.3 Å². The van der Waals surface area contributed by atoms with E-state index in [9.17, 15) is 9.59 Å². The molecule has 10 heteroatoms. The Morgan fingerprint density at radius 3 is 2.44 bits per heavy atom. The van der Waals surface area contributed by atoms with Gasteiger partial charge in [-0.15, -0.1) is 0 Å². The minimum Gasteiger partial charge on any atom is -0.466 e. The number of ether oxygens (including phenoxy) is 1. The maximum absolute atomic E-state index is 12.3. The average molecular weight is 452 g/mol. The van der Waals surface area contributed by atoms with Gasteiger partial charge in [-0.05, 0) is 25.2 Å². The standard InChI is InChI=1S/C17H18BrN5O3S/c1-2-26-15(24)5-12(18)16(25)13-4-3-10(6-20-13)11-7-21-14(22-8-11)9-23-17(19)27/h3-4,6-8,12H,2,5,9H2,1H3,(H3,19,23,27). The van der Waals surface area contributed by atoms with Gasteiger partial charge < -0.3 is 15.8 Å². The van der Waals surface area contributed by atoms with E-state index in [0.717, 1.165) is 11.1 Å².